The van der Waals surface area contributed by atoms with Gasteiger partial charge in [-0.1, -0.05) is 18.2 Å². The molecule has 0 fully saturated rings. The van der Waals surface area contributed by atoms with Crippen LogP contribution in [-0.4, -0.2) is 27.2 Å². The quantitative estimate of drug-likeness (QED) is 0.810. The highest BCUT2D eigenvalue weighted by Crippen LogP contribution is 2.29. The highest BCUT2D eigenvalue weighted by molar-refractivity contribution is 8.10. The van der Waals surface area contributed by atoms with Crippen molar-refractivity contribution in [3.05, 3.63) is 30.3 Å². The van der Waals surface area contributed by atoms with Crippen LogP contribution in [0.2, 0.25) is 0 Å². The molecule has 0 amide bonds. The van der Waals surface area contributed by atoms with Crippen LogP contribution in [-0.2, 0) is 19.7 Å². The van der Waals surface area contributed by atoms with Gasteiger partial charge in [0.05, 0.1) is 4.90 Å². The molecule has 1 rings (SSSR count). The van der Waals surface area contributed by atoms with Gasteiger partial charge in [0.25, 0.3) is 4.08 Å². The van der Waals surface area contributed by atoms with E-state index >= 15 is 0 Å². The summed E-state index contributed by atoms with van der Waals surface area (Å²) in [6.07, 6.45) is 0.733. The lowest BCUT2D eigenvalue weighted by molar-refractivity contribution is 0.569. The first-order valence-electron chi connectivity index (χ1n) is 4.57. The van der Waals surface area contributed by atoms with E-state index in [1.807, 2.05) is 0 Å². The third-order valence-corrected chi connectivity index (χ3v) is 7.56. The maximum atomic E-state index is 12.1. The molecule has 92 valence electrons. The molecule has 1 atom stereocenters. The molecule has 0 heterocycles. The number of nitriles is 1. The Hall–Kier alpha value is -1.39. The second kappa shape index (κ2) is 4.13. The van der Waals surface area contributed by atoms with Crippen molar-refractivity contribution in [2.45, 2.75) is 15.9 Å². The second-order valence-corrected chi connectivity index (χ2v) is 8.56. The van der Waals surface area contributed by atoms with Gasteiger partial charge in [-0.25, -0.2) is 16.8 Å². The lowest BCUT2D eigenvalue weighted by Gasteiger charge is -2.19. The molecule has 0 aliphatic carbocycles. The van der Waals surface area contributed by atoms with E-state index < -0.39 is 23.8 Å². The molecule has 0 saturated carbocycles. The van der Waals surface area contributed by atoms with Crippen molar-refractivity contribution < 1.29 is 16.8 Å². The summed E-state index contributed by atoms with van der Waals surface area (Å²) < 4.78 is 44.8. The first-order valence-corrected chi connectivity index (χ1v) is 7.95. The van der Waals surface area contributed by atoms with Crippen molar-refractivity contribution >= 4 is 19.7 Å². The van der Waals surface area contributed by atoms with Gasteiger partial charge in [-0.05, 0) is 19.1 Å². The zero-order valence-corrected chi connectivity index (χ0v) is 10.9. The fourth-order valence-corrected chi connectivity index (χ4v) is 4.30. The summed E-state index contributed by atoms with van der Waals surface area (Å²) in [5.74, 6) is 0. The predicted octanol–water partition coefficient (Wildman–Crippen LogP) is 0.745. The van der Waals surface area contributed by atoms with Gasteiger partial charge in [-0.3, -0.25) is 0 Å². The molecule has 0 spiro atoms. The molecule has 0 N–H and O–H groups in total. The van der Waals surface area contributed by atoms with E-state index in [1.54, 1.807) is 6.07 Å². The minimum Gasteiger partial charge on any atom is -0.226 e. The molecule has 17 heavy (non-hydrogen) atoms. The number of nitrogens with zero attached hydrogens (tertiary/aromatic N) is 1. The van der Waals surface area contributed by atoms with Crippen LogP contribution in [0.1, 0.15) is 6.92 Å². The SMILES string of the molecule is C[C@](C#N)(S(C)(=O)=O)S(=O)(=O)c1ccccc1. The molecule has 0 saturated heterocycles. The smallest absolute Gasteiger partial charge is 0.226 e. The average Bonchev–Trinajstić information content (AvgIpc) is 2.27. The summed E-state index contributed by atoms with van der Waals surface area (Å²) >= 11 is 0. The Kier molecular flexibility index (Phi) is 3.32. The first kappa shape index (κ1) is 13.7. The van der Waals surface area contributed by atoms with Crippen LogP contribution in [0.5, 0.6) is 0 Å². The number of benzene rings is 1. The van der Waals surface area contributed by atoms with Gasteiger partial charge in [0.1, 0.15) is 6.07 Å². The van der Waals surface area contributed by atoms with Gasteiger partial charge in [0, 0.05) is 6.26 Å². The zero-order valence-electron chi connectivity index (χ0n) is 9.28. The number of sulfone groups is 2. The summed E-state index contributed by atoms with van der Waals surface area (Å²) in [6, 6.07) is 8.43. The molecule has 7 heteroatoms. The van der Waals surface area contributed by atoms with Gasteiger partial charge >= 0.3 is 0 Å². The number of rotatable bonds is 3. The van der Waals surface area contributed by atoms with Crippen LogP contribution >= 0.6 is 0 Å². The fourth-order valence-electron chi connectivity index (χ4n) is 1.17. The summed E-state index contributed by atoms with van der Waals surface area (Å²) in [4.78, 5) is -0.186. The van der Waals surface area contributed by atoms with Crippen LogP contribution in [0.25, 0.3) is 0 Å². The molecule has 0 unspecified atom stereocenters. The van der Waals surface area contributed by atoms with Crippen LogP contribution in [0.4, 0.5) is 0 Å². The third kappa shape index (κ3) is 2.06. The molecule has 1 aromatic carbocycles. The van der Waals surface area contributed by atoms with Gasteiger partial charge in [-0.2, -0.15) is 5.26 Å². The van der Waals surface area contributed by atoms with E-state index in [0.717, 1.165) is 13.2 Å². The highest BCUT2D eigenvalue weighted by atomic mass is 32.3. The Bertz CT molecular complexity index is 656. The van der Waals surface area contributed by atoms with Crippen LogP contribution in [0, 0.1) is 11.3 Å². The molecule has 1 aromatic rings. The number of hydrogen-bond acceptors (Lipinski definition) is 5. The molecule has 0 aliphatic heterocycles. The lowest BCUT2D eigenvalue weighted by Crippen LogP contribution is -2.41. The van der Waals surface area contributed by atoms with E-state index in [9.17, 15) is 16.8 Å². The van der Waals surface area contributed by atoms with Gasteiger partial charge < -0.3 is 0 Å². The largest absolute Gasteiger partial charge is 0.259 e. The van der Waals surface area contributed by atoms with E-state index in [2.05, 4.69) is 0 Å². The first-order chi connectivity index (χ1) is 7.67. The molecule has 0 radical (unpaired) electrons. The molecular formula is C10H11NO4S2. The van der Waals surface area contributed by atoms with Gasteiger partial charge in [-0.15, -0.1) is 0 Å². The lowest BCUT2D eigenvalue weighted by atomic mass is 10.4. The maximum Gasteiger partial charge on any atom is 0.259 e. The minimum atomic E-state index is -4.26. The van der Waals surface area contributed by atoms with E-state index in [-0.39, 0.29) is 4.90 Å². The van der Waals surface area contributed by atoms with Gasteiger partial charge in [0.2, 0.25) is 9.84 Å². The van der Waals surface area contributed by atoms with Crippen LogP contribution in [0.15, 0.2) is 35.2 Å². The second-order valence-electron chi connectivity index (χ2n) is 3.65. The van der Waals surface area contributed by atoms with Crippen molar-refractivity contribution in [1.82, 2.24) is 0 Å². The van der Waals surface area contributed by atoms with Crippen molar-refractivity contribution in [1.29, 1.82) is 5.26 Å². The Morgan fingerprint density at radius 3 is 1.94 bits per heavy atom. The van der Waals surface area contributed by atoms with E-state index in [1.165, 1.54) is 30.3 Å². The van der Waals surface area contributed by atoms with Crippen molar-refractivity contribution in [2.75, 3.05) is 6.26 Å². The van der Waals surface area contributed by atoms with Gasteiger partial charge in [0.15, 0.2) is 9.84 Å². The normalized spacial score (nSPS) is 15.8. The Balaban J connectivity index is 3.60. The van der Waals surface area contributed by atoms with E-state index in [0.29, 0.717) is 0 Å². The van der Waals surface area contributed by atoms with E-state index in [4.69, 9.17) is 5.26 Å². The maximum absolute atomic E-state index is 12.1. The summed E-state index contributed by atoms with van der Waals surface area (Å²) in [7, 11) is -8.33. The van der Waals surface area contributed by atoms with Crippen molar-refractivity contribution in [3.8, 4) is 6.07 Å². The molecule has 0 aromatic heterocycles. The molecular weight excluding hydrogens is 262 g/mol. The third-order valence-electron chi connectivity index (χ3n) is 2.48. The standard InChI is InChI=1S/C10H11NO4S2/c1-10(8-11,16(2,12)13)17(14,15)9-6-4-3-5-7-9/h3-7H,1-2H3/t10-/m0/s1. The number of hydrogen-bond donors (Lipinski definition) is 0. The molecule has 0 bridgehead atoms. The monoisotopic (exact) mass is 273 g/mol. The molecule has 0 aliphatic rings. The minimum absolute atomic E-state index is 0.186. The fraction of sp³-hybridized carbons (Fsp3) is 0.300. The van der Waals surface area contributed by atoms with Crippen molar-refractivity contribution in [2.24, 2.45) is 0 Å². The predicted molar refractivity (Wildman–Crippen MR) is 62.5 cm³/mol. The zero-order chi connectivity index (χ0) is 13.3. The summed E-state index contributed by atoms with van der Waals surface area (Å²) in [5, 5.41) is 8.91. The van der Waals surface area contributed by atoms with Crippen molar-refractivity contribution in [3.63, 3.8) is 0 Å². The Labute approximate surface area is 101 Å². The topological polar surface area (TPSA) is 92.1 Å². The Morgan fingerprint density at radius 1 is 1.12 bits per heavy atom. The molecule has 5 nitrogen and oxygen atoms in total. The van der Waals surface area contributed by atoms with Crippen LogP contribution in [0.3, 0.4) is 0 Å². The highest BCUT2D eigenvalue weighted by Gasteiger charge is 2.50. The summed E-state index contributed by atoms with van der Waals surface area (Å²) in [5.41, 5.74) is 0. The van der Waals surface area contributed by atoms with Crippen LogP contribution < -0.4 is 0 Å². The summed E-state index contributed by atoms with van der Waals surface area (Å²) in [6.45, 7) is 0.894. The Morgan fingerprint density at radius 2 is 1.59 bits per heavy atom. The average molecular weight is 273 g/mol.